The van der Waals surface area contributed by atoms with E-state index in [1.165, 1.54) is 11.1 Å². The first kappa shape index (κ1) is 20.2. The van der Waals surface area contributed by atoms with Gasteiger partial charge in [0.15, 0.2) is 0 Å². The summed E-state index contributed by atoms with van der Waals surface area (Å²) in [5.74, 6) is 0.592. The molecule has 1 N–H and O–H groups in total. The molecule has 122 valence electrons. The van der Waals surface area contributed by atoms with E-state index in [9.17, 15) is 5.11 Å². The van der Waals surface area contributed by atoms with Crippen molar-refractivity contribution in [1.29, 1.82) is 0 Å². The monoisotopic (exact) mass is 292 g/mol. The van der Waals surface area contributed by atoms with Crippen molar-refractivity contribution in [3.63, 3.8) is 0 Å². The minimum Gasteiger partial charge on any atom is -0.385 e. The van der Waals surface area contributed by atoms with E-state index in [-0.39, 0.29) is 0 Å². The lowest BCUT2D eigenvalue weighted by atomic mass is 9.86. The lowest BCUT2D eigenvalue weighted by Crippen LogP contribution is -2.26. The average Bonchev–Trinajstić information content (AvgIpc) is 2.48. The molecule has 0 aliphatic rings. The highest BCUT2D eigenvalue weighted by atomic mass is 16.3. The summed E-state index contributed by atoms with van der Waals surface area (Å²) >= 11 is 0. The first-order valence-corrected chi connectivity index (χ1v) is 8.65. The molecule has 0 bridgehead atoms. The fourth-order valence-corrected chi connectivity index (χ4v) is 2.71. The Labute approximate surface area is 132 Å². The second kappa shape index (κ2) is 10.8. The van der Waals surface area contributed by atoms with Crippen LogP contribution in [0.1, 0.15) is 80.1 Å². The molecule has 0 aromatic rings. The molecular weight excluding hydrogens is 256 g/mol. The number of hydrogen-bond acceptors (Lipinski definition) is 1. The van der Waals surface area contributed by atoms with Crippen LogP contribution < -0.4 is 0 Å². The lowest BCUT2D eigenvalue weighted by Gasteiger charge is -2.26. The second-order valence-electron chi connectivity index (χ2n) is 6.13. The van der Waals surface area contributed by atoms with Gasteiger partial charge in [-0.3, -0.25) is 0 Å². The predicted molar refractivity (Wildman–Crippen MR) is 95.5 cm³/mol. The van der Waals surface area contributed by atoms with E-state index in [0.29, 0.717) is 5.92 Å². The Bertz CT molecular complexity index is 362. The van der Waals surface area contributed by atoms with Gasteiger partial charge in [-0.15, -0.1) is 0 Å². The fourth-order valence-electron chi connectivity index (χ4n) is 2.71. The van der Waals surface area contributed by atoms with Gasteiger partial charge in [0.2, 0.25) is 0 Å². The summed E-state index contributed by atoms with van der Waals surface area (Å²) in [7, 11) is 0. The van der Waals surface area contributed by atoms with Crippen LogP contribution in [0, 0.1) is 5.92 Å². The van der Waals surface area contributed by atoms with Crippen LogP contribution in [0.15, 0.2) is 35.5 Å². The molecule has 0 aliphatic heterocycles. The van der Waals surface area contributed by atoms with E-state index in [0.717, 1.165) is 38.5 Å². The standard InChI is InChI=1S/C20H36O/c1-7-12-13-19(10-4)14-17(6)15-20(21,11-5)16-18(8-2)9-3/h8,12-13,15,19,21H,7,9-11,14,16H2,1-6H3/b13-12+,17-15+,18-8-/t19-,20-/m0/s1. The highest BCUT2D eigenvalue weighted by Gasteiger charge is 2.23. The Morgan fingerprint density at radius 2 is 1.86 bits per heavy atom. The van der Waals surface area contributed by atoms with Crippen LogP contribution in [0.4, 0.5) is 0 Å². The molecular formula is C20H36O. The SMILES string of the molecule is C/C=C(/CC)C[C@@](O)(/C=C(\C)C[C@H](/C=C/CC)CC)CC. The van der Waals surface area contributed by atoms with Crippen LogP contribution in [-0.2, 0) is 0 Å². The normalized spacial score (nSPS) is 18.0. The van der Waals surface area contributed by atoms with Gasteiger partial charge in [0.1, 0.15) is 0 Å². The van der Waals surface area contributed by atoms with Crippen LogP contribution in [0.5, 0.6) is 0 Å². The van der Waals surface area contributed by atoms with Gasteiger partial charge in [-0.25, -0.2) is 0 Å². The summed E-state index contributed by atoms with van der Waals surface area (Å²) in [6.45, 7) is 12.9. The van der Waals surface area contributed by atoms with Crippen molar-refractivity contribution in [2.75, 3.05) is 0 Å². The van der Waals surface area contributed by atoms with Crippen molar-refractivity contribution < 1.29 is 5.11 Å². The Kier molecular flexibility index (Phi) is 10.4. The second-order valence-corrected chi connectivity index (χ2v) is 6.13. The summed E-state index contributed by atoms with van der Waals surface area (Å²) in [4.78, 5) is 0. The van der Waals surface area contributed by atoms with Crippen molar-refractivity contribution in [2.45, 2.75) is 85.7 Å². The summed E-state index contributed by atoms with van der Waals surface area (Å²) in [6, 6.07) is 0. The van der Waals surface area contributed by atoms with Gasteiger partial charge >= 0.3 is 0 Å². The van der Waals surface area contributed by atoms with Crippen molar-refractivity contribution >= 4 is 0 Å². The molecule has 0 radical (unpaired) electrons. The number of allylic oxidation sites excluding steroid dienone is 4. The summed E-state index contributed by atoms with van der Waals surface area (Å²) in [5, 5.41) is 10.8. The smallest absolute Gasteiger partial charge is 0.0864 e. The van der Waals surface area contributed by atoms with E-state index in [2.05, 4.69) is 65.8 Å². The first-order chi connectivity index (χ1) is 9.94. The van der Waals surface area contributed by atoms with E-state index < -0.39 is 5.60 Å². The molecule has 0 aromatic heterocycles. The summed E-state index contributed by atoms with van der Waals surface area (Å²) in [5.41, 5.74) is 1.95. The summed E-state index contributed by atoms with van der Waals surface area (Å²) < 4.78 is 0. The fraction of sp³-hybridized carbons (Fsp3) is 0.700. The molecule has 0 rings (SSSR count). The van der Waals surface area contributed by atoms with Gasteiger partial charge in [-0.1, -0.05) is 63.1 Å². The minimum atomic E-state index is -0.686. The molecule has 0 amide bonds. The molecule has 0 aromatic carbocycles. The minimum absolute atomic E-state index is 0.592. The molecule has 0 unspecified atom stereocenters. The third-order valence-corrected chi connectivity index (χ3v) is 4.28. The Hall–Kier alpha value is -0.820. The van der Waals surface area contributed by atoms with E-state index >= 15 is 0 Å². The van der Waals surface area contributed by atoms with Gasteiger partial charge in [-0.2, -0.15) is 0 Å². The van der Waals surface area contributed by atoms with Gasteiger partial charge in [0.25, 0.3) is 0 Å². The van der Waals surface area contributed by atoms with Crippen LogP contribution in [-0.4, -0.2) is 10.7 Å². The third-order valence-electron chi connectivity index (χ3n) is 4.28. The molecule has 0 aliphatic carbocycles. The van der Waals surface area contributed by atoms with E-state index in [1.807, 2.05) is 0 Å². The zero-order valence-corrected chi connectivity index (χ0v) is 15.1. The van der Waals surface area contributed by atoms with Gasteiger partial charge in [0, 0.05) is 6.42 Å². The van der Waals surface area contributed by atoms with Crippen molar-refractivity contribution in [3.05, 3.63) is 35.5 Å². The van der Waals surface area contributed by atoms with E-state index in [1.54, 1.807) is 0 Å². The molecule has 0 saturated heterocycles. The maximum atomic E-state index is 10.8. The highest BCUT2D eigenvalue weighted by Crippen LogP contribution is 2.27. The molecule has 0 saturated carbocycles. The van der Waals surface area contributed by atoms with Crippen molar-refractivity contribution in [1.82, 2.24) is 0 Å². The molecule has 1 nitrogen and oxygen atoms in total. The van der Waals surface area contributed by atoms with Crippen LogP contribution in [0.25, 0.3) is 0 Å². The van der Waals surface area contributed by atoms with Crippen LogP contribution in [0.3, 0.4) is 0 Å². The van der Waals surface area contributed by atoms with Crippen molar-refractivity contribution in [3.8, 4) is 0 Å². The zero-order chi connectivity index (χ0) is 16.3. The highest BCUT2D eigenvalue weighted by molar-refractivity contribution is 5.16. The molecule has 21 heavy (non-hydrogen) atoms. The molecule has 0 heterocycles. The average molecular weight is 293 g/mol. The zero-order valence-electron chi connectivity index (χ0n) is 15.1. The van der Waals surface area contributed by atoms with Crippen LogP contribution in [0.2, 0.25) is 0 Å². The number of hydrogen-bond donors (Lipinski definition) is 1. The Morgan fingerprint density at radius 1 is 1.19 bits per heavy atom. The number of rotatable bonds is 10. The molecule has 0 fully saturated rings. The van der Waals surface area contributed by atoms with Gasteiger partial charge in [-0.05, 0) is 51.9 Å². The maximum Gasteiger partial charge on any atom is 0.0864 e. The third kappa shape index (κ3) is 8.26. The van der Waals surface area contributed by atoms with Gasteiger partial charge < -0.3 is 5.11 Å². The quantitative estimate of drug-likeness (QED) is 0.475. The first-order valence-electron chi connectivity index (χ1n) is 8.65. The molecule has 2 atom stereocenters. The van der Waals surface area contributed by atoms with Crippen LogP contribution >= 0.6 is 0 Å². The van der Waals surface area contributed by atoms with Crippen molar-refractivity contribution in [2.24, 2.45) is 5.92 Å². The Balaban J connectivity index is 4.92. The predicted octanol–water partition coefficient (Wildman–Crippen LogP) is 6.20. The number of aliphatic hydroxyl groups is 1. The molecule has 1 heteroatoms. The Morgan fingerprint density at radius 3 is 2.29 bits per heavy atom. The van der Waals surface area contributed by atoms with E-state index in [4.69, 9.17) is 0 Å². The van der Waals surface area contributed by atoms with Gasteiger partial charge in [0.05, 0.1) is 5.60 Å². The summed E-state index contributed by atoms with van der Waals surface area (Å²) in [6.07, 6.45) is 14.7. The maximum absolute atomic E-state index is 10.8. The largest absolute Gasteiger partial charge is 0.385 e. The lowest BCUT2D eigenvalue weighted by molar-refractivity contribution is 0.0853. The topological polar surface area (TPSA) is 20.2 Å². The molecule has 0 spiro atoms.